The summed E-state index contributed by atoms with van der Waals surface area (Å²) >= 11 is 1.27. The van der Waals surface area contributed by atoms with Crippen molar-refractivity contribution >= 4 is 28.6 Å². The number of carbonyl (C=O) groups excluding carboxylic acids is 1. The molecule has 0 saturated heterocycles. The van der Waals surface area contributed by atoms with E-state index in [-0.39, 0.29) is 17.2 Å². The fourth-order valence-corrected chi connectivity index (χ4v) is 3.38. The molecule has 0 saturated carbocycles. The maximum atomic E-state index is 12.5. The highest BCUT2D eigenvalue weighted by Gasteiger charge is 2.11. The number of amides is 1. The van der Waals surface area contributed by atoms with Crippen LogP contribution in [0.4, 0.5) is 0 Å². The zero-order chi connectivity index (χ0) is 18.7. The van der Waals surface area contributed by atoms with Gasteiger partial charge in [-0.05, 0) is 31.5 Å². The maximum absolute atomic E-state index is 12.5. The van der Waals surface area contributed by atoms with Crippen molar-refractivity contribution in [1.82, 2.24) is 14.9 Å². The monoisotopic (exact) mass is 367 g/mol. The topological polar surface area (TPSA) is 64.0 Å². The van der Waals surface area contributed by atoms with Gasteiger partial charge < -0.3 is 5.32 Å². The standard InChI is InChI=1S/C20H21N3O2S/c1-13-4-7-15(8-5-13)11-21-18(24)12-26-20-22-17-9-6-14(2)10-16(17)19(25)23(20)3/h4-10H,11-12H2,1-3H3,(H,21,24). The Labute approximate surface area is 156 Å². The number of nitrogens with zero attached hydrogens (tertiary/aromatic N) is 2. The van der Waals surface area contributed by atoms with Gasteiger partial charge in [0.25, 0.3) is 5.56 Å². The van der Waals surface area contributed by atoms with Crippen LogP contribution in [0.2, 0.25) is 0 Å². The summed E-state index contributed by atoms with van der Waals surface area (Å²) in [5.41, 5.74) is 3.82. The summed E-state index contributed by atoms with van der Waals surface area (Å²) in [4.78, 5) is 29.1. The third-order valence-corrected chi connectivity index (χ3v) is 5.16. The summed E-state index contributed by atoms with van der Waals surface area (Å²) in [6.45, 7) is 4.46. The summed E-state index contributed by atoms with van der Waals surface area (Å²) in [7, 11) is 1.68. The zero-order valence-electron chi connectivity index (χ0n) is 15.1. The molecule has 0 bridgehead atoms. The number of fused-ring (bicyclic) bond motifs is 1. The van der Waals surface area contributed by atoms with Crippen LogP contribution < -0.4 is 10.9 Å². The van der Waals surface area contributed by atoms with Crippen LogP contribution in [0.1, 0.15) is 16.7 Å². The first kappa shape index (κ1) is 18.2. The molecule has 0 aliphatic rings. The van der Waals surface area contributed by atoms with E-state index in [2.05, 4.69) is 10.3 Å². The van der Waals surface area contributed by atoms with E-state index in [9.17, 15) is 9.59 Å². The fourth-order valence-electron chi connectivity index (χ4n) is 2.58. The second kappa shape index (κ2) is 7.74. The number of hydrogen-bond donors (Lipinski definition) is 1. The molecule has 6 heteroatoms. The molecule has 0 radical (unpaired) electrons. The Morgan fingerprint density at radius 3 is 2.54 bits per heavy atom. The van der Waals surface area contributed by atoms with Gasteiger partial charge in [-0.25, -0.2) is 4.98 Å². The molecule has 3 rings (SSSR count). The molecular weight excluding hydrogens is 346 g/mol. The Kier molecular flexibility index (Phi) is 5.42. The Bertz CT molecular complexity index is 1010. The molecule has 0 aliphatic heterocycles. The lowest BCUT2D eigenvalue weighted by Gasteiger charge is -2.09. The van der Waals surface area contributed by atoms with Gasteiger partial charge in [-0.15, -0.1) is 0 Å². The van der Waals surface area contributed by atoms with Gasteiger partial charge in [0.15, 0.2) is 5.16 Å². The second-order valence-electron chi connectivity index (χ2n) is 6.33. The number of rotatable bonds is 5. The Hall–Kier alpha value is -2.60. The van der Waals surface area contributed by atoms with Crippen molar-refractivity contribution < 1.29 is 4.79 Å². The molecule has 2 aromatic carbocycles. The van der Waals surface area contributed by atoms with Crippen molar-refractivity contribution in [2.75, 3.05) is 5.75 Å². The molecule has 1 aromatic heterocycles. The number of carbonyl (C=O) groups is 1. The summed E-state index contributed by atoms with van der Waals surface area (Å²) in [5, 5.41) is 4.03. The minimum Gasteiger partial charge on any atom is -0.351 e. The number of benzene rings is 2. The highest BCUT2D eigenvalue weighted by atomic mass is 32.2. The normalized spacial score (nSPS) is 10.9. The maximum Gasteiger partial charge on any atom is 0.261 e. The number of thioether (sulfide) groups is 1. The minimum atomic E-state index is -0.0961. The second-order valence-corrected chi connectivity index (χ2v) is 7.27. The largest absolute Gasteiger partial charge is 0.351 e. The third-order valence-electron chi connectivity index (χ3n) is 4.13. The summed E-state index contributed by atoms with van der Waals surface area (Å²) in [6, 6.07) is 13.6. The number of nitrogens with one attached hydrogen (secondary N) is 1. The Morgan fingerprint density at radius 2 is 1.81 bits per heavy atom. The van der Waals surface area contributed by atoms with Crippen LogP contribution >= 0.6 is 11.8 Å². The molecule has 0 spiro atoms. The molecule has 0 fully saturated rings. The highest BCUT2D eigenvalue weighted by molar-refractivity contribution is 7.99. The Morgan fingerprint density at radius 1 is 1.12 bits per heavy atom. The van der Waals surface area contributed by atoms with Gasteiger partial charge in [-0.1, -0.05) is 53.2 Å². The molecular formula is C20H21N3O2S. The van der Waals surface area contributed by atoms with E-state index in [1.54, 1.807) is 7.05 Å². The van der Waals surface area contributed by atoms with Crippen molar-refractivity contribution in [2.24, 2.45) is 7.05 Å². The van der Waals surface area contributed by atoms with Crippen LogP contribution in [0.3, 0.4) is 0 Å². The van der Waals surface area contributed by atoms with Crippen molar-refractivity contribution in [3.05, 3.63) is 69.5 Å². The summed E-state index contributed by atoms with van der Waals surface area (Å²) in [6.07, 6.45) is 0. The van der Waals surface area contributed by atoms with Crippen molar-refractivity contribution in [1.29, 1.82) is 0 Å². The van der Waals surface area contributed by atoms with Crippen LogP contribution in [0, 0.1) is 13.8 Å². The third kappa shape index (κ3) is 4.14. The molecule has 5 nitrogen and oxygen atoms in total. The van der Waals surface area contributed by atoms with Gasteiger partial charge in [-0.2, -0.15) is 0 Å². The smallest absolute Gasteiger partial charge is 0.261 e. The quantitative estimate of drug-likeness (QED) is 0.556. The number of aromatic nitrogens is 2. The van der Waals surface area contributed by atoms with Crippen LogP contribution in [0.25, 0.3) is 10.9 Å². The summed E-state index contributed by atoms with van der Waals surface area (Å²) < 4.78 is 1.50. The van der Waals surface area contributed by atoms with Crippen molar-refractivity contribution in [3.8, 4) is 0 Å². The van der Waals surface area contributed by atoms with Crippen LogP contribution in [-0.2, 0) is 18.4 Å². The van der Waals surface area contributed by atoms with E-state index >= 15 is 0 Å². The molecule has 1 amide bonds. The molecule has 1 N–H and O–H groups in total. The lowest BCUT2D eigenvalue weighted by atomic mass is 10.1. The number of aryl methyl sites for hydroxylation is 2. The SMILES string of the molecule is Cc1ccc(CNC(=O)CSc2nc3ccc(C)cc3c(=O)n2C)cc1. The van der Waals surface area contributed by atoms with Gasteiger partial charge in [0.2, 0.25) is 5.91 Å². The fraction of sp³-hybridized carbons (Fsp3) is 0.250. The van der Waals surface area contributed by atoms with Gasteiger partial charge in [0.1, 0.15) is 0 Å². The number of hydrogen-bond acceptors (Lipinski definition) is 4. The molecule has 0 unspecified atom stereocenters. The first-order valence-corrected chi connectivity index (χ1v) is 9.35. The van der Waals surface area contributed by atoms with E-state index in [0.29, 0.717) is 22.6 Å². The molecule has 3 aromatic rings. The average molecular weight is 367 g/mol. The summed E-state index contributed by atoms with van der Waals surface area (Å²) in [5.74, 6) is 0.123. The van der Waals surface area contributed by atoms with E-state index < -0.39 is 0 Å². The average Bonchev–Trinajstić information content (AvgIpc) is 2.63. The Balaban J connectivity index is 1.66. The predicted molar refractivity (Wildman–Crippen MR) is 105 cm³/mol. The van der Waals surface area contributed by atoms with E-state index in [1.165, 1.54) is 21.9 Å². The molecule has 26 heavy (non-hydrogen) atoms. The van der Waals surface area contributed by atoms with E-state index in [0.717, 1.165) is 11.1 Å². The van der Waals surface area contributed by atoms with E-state index in [4.69, 9.17) is 0 Å². The van der Waals surface area contributed by atoms with Gasteiger partial charge in [-0.3, -0.25) is 14.2 Å². The lowest BCUT2D eigenvalue weighted by Crippen LogP contribution is -2.26. The molecule has 0 aliphatic carbocycles. The highest BCUT2D eigenvalue weighted by Crippen LogP contribution is 2.17. The first-order chi connectivity index (χ1) is 12.4. The van der Waals surface area contributed by atoms with Crippen molar-refractivity contribution in [3.63, 3.8) is 0 Å². The van der Waals surface area contributed by atoms with Crippen LogP contribution in [0.15, 0.2) is 52.4 Å². The minimum absolute atomic E-state index is 0.0890. The molecule has 1 heterocycles. The zero-order valence-corrected chi connectivity index (χ0v) is 15.9. The first-order valence-electron chi connectivity index (χ1n) is 8.36. The predicted octanol–water partition coefficient (Wildman–Crippen LogP) is 2.96. The van der Waals surface area contributed by atoms with Gasteiger partial charge >= 0.3 is 0 Å². The van der Waals surface area contributed by atoms with Crippen LogP contribution in [-0.4, -0.2) is 21.2 Å². The van der Waals surface area contributed by atoms with Crippen LogP contribution in [0.5, 0.6) is 0 Å². The van der Waals surface area contributed by atoms with E-state index in [1.807, 2.05) is 56.3 Å². The van der Waals surface area contributed by atoms with Gasteiger partial charge in [0.05, 0.1) is 16.7 Å². The molecule has 134 valence electrons. The van der Waals surface area contributed by atoms with Crippen molar-refractivity contribution in [2.45, 2.75) is 25.5 Å². The van der Waals surface area contributed by atoms with Gasteiger partial charge in [0, 0.05) is 13.6 Å². The molecule has 0 atom stereocenters. The lowest BCUT2D eigenvalue weighted by molar-refractivity contribution is -0.118.